The summed E-state index contributed by atoms with van der Waals surface area (Å²) in [5.74, 6) is -2.61. The molecule has 0 bridgehead atoms. The number of carbonyl (C=O) groups excluding carboxylic acids is 3. The minimum Gasteiger partial charge on any atom is -0.480 e. The number of rotatable bonds is 10. The summed E-state index contributed by atoms with van der Waals surface area (Å²) in [7, 11) is 0. The molecule has 1 aliphatic heterocycles. The second kappa shape index (κ2) is 11.6. The Bertz CT molecular complexity index is 1560. The number of H-pyrrole nitrogens is 2. The fourth-order valence-corrected chi connectivity index (χ4v) is 5.46. The average Bonchev–Trinajstić information content (AvgIpc) is 3.71. The summed E-state index contributed by atoms with van der Waals surface area (Å²) in [5.41, 5.74) is 8.93. The highest BCUT2D eigenvalue weighted by molar-refractivity contribution is 5.95. The van der Waals surface area contributed by atoms with Crippen LogP contribution in [0.3, 0.4) is 0 Å². The van der Waals surface area contributed by atoms with Crippen LogP contribution in [0.1, 0.15) is 24.0 Å². The van der Waals surface area contributed by atoms with E-state index in [1.165, 1.54) is 4.90 Å². The summed E-state index contributed by atoms with van der Waals surface area (Å²) in [6.07, 6.45) is 4.79. The molecular formula is C29H32N6O5. The van der Waals surface area contributed by atoms with Crippen LogP contribution in [0.4, 0.5) is 0 Å². The molecule has 3 heterocycles. The molecule has 2 aromatic heterocycles. The topological polar surface area (TPSA) is 173 Å². The number of aromatic nitrogens is 2. The smallest absolute Gasteiger partial charge is 0.326 e. The lowest BCUT2D eigenvalue weighted by atomic mass is 10.0. The Kier molecular flexibility index (Phi) is 7.83. The van der Waals surface area contributed by atoms with E-state index in [0.717, 1.165) is 32.9 Å². The molecule has 5 rings (SSSR count). The zero-order chi connectivity index (χ0) is 28.2. The highest BCUT2D eigenvalue weighted by atomic mass is 16.4. The number of nitrogens with zero attached hydrogens (tertiary/aromatic N) is 1. The number of hydrogen-bond donors (Lipinski definition) is 6. The standard InChI is InChI=1S/C29H32N6O5/c30-14-26(36)33-23(12-17-15-31-21-8-3-1-6-19(17)21)27(37)34-24(28(38)35-11-5-10-25(35)29(39)40)13-18-16-32-22-9-4-2-7-20(18)22/h1-4,6-9,15-16,23-25,31-32H,5,10-14,30H2,(H,33,36)(H,34,37)(H,39,40). The van der Waals surface area contributed by atoms with E-state index in [9.17, 15) is 24.3 Å². The summed E-state index contributed by atoms with van der Waals surface area (Å²) in [5, 5.41) is 17.0. The number of carboxylic acid groups (broad SMARTS) is 1. The zero-order valence-corrected chi connectivity index (χ0v) is 21.9. The normalized spacial score (nSPS) is 16.6. The lowest BCUT2D eigenvalue weighted by Gasteiger charge is -2.28. The summed E-state index contributed by atoms with van der Waals surface area (Å²) in [4.78, 5) is 59.3. The van der Waals surface area contributed by atoms with E-state index in [-0.39, 0.29) is 19.4 Å². The first kappa shape index (κ1) is 26.9. The maximum absolute atomic E-state index is 13.8. The number of hydrogen-bond acceptors (Lipinski definition) is 5. The van der Waals surface area contributed by atoms with Crippen LogP contribution in [0, 0.1) is 0 Å². The maximum Gasteiger partial charge on any atom is 0.326 e. The number of aromatic amines is 2. The van der Waals surface area contributed by atoms with Crippen LogP contribution in [0.15, 0.2) is 60.9 Å². The van der Waals surface area contributed by atoms with E-state index in [2.05, 4.69) is 20.6 Å². The van der Waals surface area contributed by atoms with Crippen molar-refractivity contribution in [3.63, 3.8) is 0 Å². The molecule has 1 aliphatic rings. The third-order valence-corrected chi connectivity index (χ3v) is 7.47. The molecule has 0 saturated carbocycles. The molecule has 11 nitrogen and oxygen atoms in total. The van der Waals surface area contributed by atoms with Crippen LogP contribution in [-0.4, -0.2) is 74.9 Å². The van der Waals surface area contributed by atoms with E-state index in [1.807, 2.05) is 48.5 Å². The first-order chi connectivity index (χ1) is 19.4. The van der Waals surface area contributed by atoms with Gasteiger partial charge in [-0.1, -0.05) is 36.4 Å². The largest absolute Gasteiger partial charge is 0.480 e. The quantitative estimate of drug-likeness (QED) is 0.176. The lowest BCUT2D eigenvalue weighted by molar-refractivity contribution is -0.149. The molecule has 1 fully saturated rings. The molecule has 4 aromatic rings. The van der Waals surface area contributed by atoms with Crippen molar-refractivity contribution in [1.82, 2.24) is 25.5 Å². The van der Waals surface area contributed by atoms with E-state index in [1.54, 1.807) is 12.4 Å². The predicted molar refractivity (Wildman–Crippen MR) is 149 cm³/mol. The van der Waals surface area contributed by atoms with Crippen molar-refractivity contribution in [2.24, 2.45) is 5.73 Å². The fourth-order valence-electron chi connectivity index (χ4n) is 5.46. The number of aliphatic carboxylic acids is 1. The van der Waals surface area contributed by atoms with Gasteiger partial charge in [0.2, 0.25) is 17.7 Å². The van der Waals surface area contributed by atoms with E-state index >= 15 is 0 Å². The van der Waals surface area contributed by atoms with Gasteiger partial charge in [-0.3, -0.25) is 14.4 Å². The Balaban J connectivity index is 1.44. The van der Waals surface area contributed by atoms with E-state index in [0.29, 0.717) is 19.4 Å². The molecule has 11 heteroatoms. The van der Waals surface area contributed by atoms with Crippen molar-refractivity contribution in [3.05, 3.63) is 72.1 Å². The maximum atomic E-state index is 13.8. The van der Waals surface area contributed by atoms with Crippen LogP contribution >= 0.6 is 0 Å². The van der Waals surface area contributed by atoms with Gasteiger partial charge in [0.05, 0.1) is 6.54 Å². The fraction of sp³-hybridized carbons (Fsp3) is 0.310. The van der Waals surface area contributed by atoms with Crippen molar-refractivity contribution < 1.29 is 24.3 Å². The summed E-state index contributed by atoms with van der Waals surface area (Å²) < 4.78 is 0. The Hall–Kier alpha value is -4.64. The van der Waals surface area contributed by atoms with Crippen molar-refractivity contribution in [3.8, 4) is 0 Å². The van der Waals surface area contributed by atoms with Gasteiger partial charge in [0.25, 0.3) is 0 Å². The Morgan fingerprint density at radius 3 is 2.05 bits per heavy atom. The Labute approximate surface area is 230 Å². The lowest BCUT2D eigenvalue weighted by Crippen LogP contribution is -2.57. The Morgan fingerprint density at radius 1 is 0.900 bits per heavy atom. The second-order valence-electron chi connectivity index (χ2n) is 10.0. The van der Waals surface area contributed by atoms with Crippen LogP contribution in [0.2, 0.25) is 0 Å². The Morgan fingerprint density at radius 2 is 1.48 bits per heavy atom. The van der Waals surface area contributed by atoms with Crippen LogP contribution in [0.5, 0.6) is 0 Å². The number of benzene rings is 2. The zero-order valence-electron chi connectivity index (χ0n) is 21.9. The molecular weight excluding hydrogens is 512 g/mol. The first-order valence-corrected chi connectivity index (χ1v) is 13.3. The third kappa shape index (κ3) is 5.55. The molecule has 2 aromatic carbocycles. The van der Waals surface area contributed by atoms with Crippen LogP contribution in [0.25, 0.3) is 21.8 Å². The summed E-state index contributed by atoms with van der Waals surface area (Å²) >= 11 is 0. The number of nitrogens with one attached hydrogen (secondary N) is 4. The number of carbonyl (C=O) groups is 4. The molecule has 1 saturated heterocycles. The van der Waals surface area contributed by atoms with Crippen molar-refractivity contribution in [2.75, 3.05) is 13.1 Å². The number of amides is 3. The number of carboxylic acids is 1. The van der Waals surface area contributed by atoms with Crippen molar-refractivity contribution in [1.29, 1.82) is 0 Å². The monoisotopic (exact) mass is 544 g/mol. The van der Waals surface area contributed by atoms with Gasteiger partial charge in [-0.05, 0) is 36.1 Å². The van der Waals surface area contributed by atoms with E-state index in [4.69, 9.17) is 5.73 Å². The minimum atomic E-state index is -1.07. The third-order valence-electron chi connectivity index (χ3n) is 7.47. The summed E-state index contributed by atoms with van der Waals surface area (Å²) in [6.45, 7) is -0.0117. The second-order valence-corrected chi connectivity index (χ2v) is 10.0. The van der Waals surface area contributed by atoms with Crippen LogP contribution < -0.4 is 16.4 Å². The molecule has 0 spiro atoms. The minimum absolute atomic E-state index is 0.141. The molecule has 40 heavy (non-hydrogen) atoms. The highest BCUT2D eigenvalue weighted by Gasteiger charge is 2.38. The van der Waals surface area contributed by atoms with Gasteiger partial charge in [0.1, 0.15) is 18.1 Å². The van der Waals surface area contributed by atoms with Crippen molar-refractivity contribution in [2.45, 2.75) is 43.8 Å². The number of para-hydroxylation sites is 2. The number of fused-ring (bicyclic) bond motifs is 2. The number of nitrogens with two attached hydrogens (primary N) is 1. The number of likely N-dealkylation sites (tertiary alicyclic amines) is 1. The van der Waals surface area contributed by atoms with Gasteiger partial charge in [-0.2, -0.15) is 0 Å². The van der Waals surface area contributed by atoms with Gasteiger partial charge >= 0.3 is 5.97 Å². The van der Waals surface area contributed by atoms with E-state index < -0.39 is 41.8 Å². The SMILES string of the molecule is NCC(=O)NC(Cc1c[nH]c2ccccc12)C(=O)NC(Cc1c[nH]c2ccccc12)C(=O)N1CCCC1C(=O)O. The highest BCUT2D eigenvalue weighted by Crippen LogP contribution is 2.23. The molecule has 0 aliphatic carbocycles. The van der Waals surface area contributed by atoms with Crippen molar-refractivity contribution >= 4 is 45.5 Å². The average molecular weight is 545 g/mol. The molecule has 208 valence electrons. The van der Waals surface area contributed by atoms with Gasteiger partial charge in [-0.15, -0.1) is 0 Å². The van der Waals surface area contributed by atoms with Crippen LogP contribution in [-0.2, 0) is 32.0 Å². The molecule has 0 radical (unpaired) electrons. The molecule has 3 atom stereocenters. The van der Waals surface area contributed by atoms with Gasteiger partial charge < -0.3 is 36.3 Å². The molecule has 7 N–H and O–H groups in total. The van der Waals surface area contributed by atoms with Gasteiger partial charge in [0, 0.05) is 53.6 Å². The predicted octanol–water partition coefficient (Wildman–Crippen LogP) is 1.44. The first-order valence-electron chi connectivity index (χ1n) is 13.3. The molecule has 3 unspecified atom stereocenters. The van der Waals surface area contributed by atoms with Gasteiger partial charge in [-0.25, -0.2) is 4.79 Å². The summed E-state index contributed by atoms with van der Waals surface area (Å²) in [6, 6.07) is 12.2. The molecule has 3 amide bonds. The van der Waals surface area contributed by atoms with Gasteiger partial charge in [0.15, 0.2) is 0 Å².